The predicted octanol–water partition coefficient (Wildman–Crippen LogP) is 2.14. The Bertz CT molecular complexity index is 1010. The normalized spacial score (nSPS) is 12.2. The average molecular weight is 357 g/mol. The van der Waals surface area contributed by atoms with Crippen molar-refractivity contribution in [2.75, 3.05) is 0 Å². The fraction of sp³-hybridized carbons (Fsp3) is 0.312. The highest BCUT2D eigenvalue weighted by atomic mass is 32.1. The van der Waals surface area contributed by atoms with Crippen LogP contribution in [0.3, 0.4) is 0 Å². The summed E-state index contributed by atoms with van der Waals surface area (Å²) in [6.45, 7) is 3.67. The van der Waals surface area contributed by atoms with Gasteiger partial charge in [0.05, 0.1) is 16.1 Å². The molecule has 0 aliphatic carbocycles. The number of H-pyrrole nitrogens is 1. The van der Waals surface area contributed by atoms with Gasteiger partial charge in [-0.15, -0.1) is 11.3 Å². The number of Topliss-reactive ketones (excluding diaryl/α,β-unsaturated/α-hetero) is 2. The predicted molar refractivity (Wildman–Crippen MR) is 92.1 cm³/mol. The van der Waals surface area contributed by atoms with Gasteiger partial charge in [0, 0.05) is 25.0 Å². The van der Waals surface area contributed by atoms with Crippen LogP contribution in [0.2, 0.25) is 0 Å². The van der Waals surface area contributed by atoms with Gasteiger partial charge in [0.2, 0.25) is 0 Å². The first-order valence-electron chi connectivity index (χ1n) is 7.71. The Kier molecular flexibility index (Phi) is 4.75. The molecule has 0 fully saturated rings. The number of carbonyl (C=O) groups is 2. The van der Waals surface area contributed by atoms with Crippen molar-refractivity contribution in [2.45, 2.75) is 32.6 Å². The third-order valence-electron chi connectivity index (χ3n) is 3.67. The first-order chi connectivity index (χ1) is 12.0. The molecule has 0 aliphatic heterocycles. The van der Waals surface area contributed by atoms with E-state index < -0.39 is 5.56 Å². The van der Waals surface area contributed by atoms with E-state index in [0.717, 1.165) is 11.2 Å². The van der Waals surface area contributed by atoms with E-state index in [1.807, 2.05) is 6.92 Å². The van der Waals surface area contributed by atoms with Gasteiger partial charge < -0.3 is 4.98 Å². The van der Waals surface area contributed by atoms with Gasteiger partial charge in [0.15, 0.2) is 17.2 Å². The number of nitrogens with one attached hydrogen (secondary N) is 1. The van der Waals surface area contributed by atoms with Crippen molar-refractivity contribution >= 4 is 34.1 Å². The molecule has 0 bridgehead atoms. The Balaban J connectivity index is 1.83. The third kappa shape index (κ3) is 3.50. The van der Waals surface area contributed by atoms with Gasteiger partial charge in [-0.25, -0.2) is 19.9 Å². The van der Waals surface area contributed by atoms with Gasteiger partial charge >= 0.3 is 0 Å². The van der Waals surface area contributed by atoms with Gasteiger partial charge in [-0.05, 0) is 0 Å². The zero-order chi connectivity index (χ0) is 18.0. The molecular weight excluding hydrogens is 342 g/mol. The first-order valence-corrected chi connectivity index (χ1v) is 8.53. The summed E-state index contributed by atoms with van der Waals surface area (Å²) >= 11 is 1.31. The minimum Gasteiger partial charge on any atom is -0.304 e. The summed E-state index contributed by atoms with van der Waals surface area (Å²) in [4.78, 5) is 54.9. The van der Waals surface area contributed by atoms with Gasteiger partial charge in [0.25, 0.3) is 5.56 Å². The molecule has 8 nitrogen and oxygen atoms in total. The Labute approximate surface area is 146 Å². The highest BCUT2D eigenvalue weighted by Crippen LogP contribution is 2.26. The Morgan fingerprint density at radius 1 is 1.16 bits per heavy atom. The van der Waals surface area contributed by atoms with Gasteiger partial charge in [-0.1, -0.05) is 13.8 Å². The van der Waals surface area contributed by atoms with E-state index in [0.29, 0.717) is 11.3 Å². The molecular formula is C16H15N5O3S. The molecule has 3 aromatic rings. The van der Waals surface area contributed by atoms with Crippen LogP contribution in [0.25, 0.3) is 11.2 Å². The molecule has 3 heterocycles. The van der Waals surface area contributed by atoms with Crippen LogP contribution in [0, 0.1) is 0 Å². The van der Waals surface area contributed by atoms with Crippen LogP contribution in [0.5, 0.6) is 0 Å². The maximum Gasteiger partial charge on any atom is 0.268 e. The fourth-order valence-electron chi connectivity index (χ4n) is 2.35. The third-order valence-corrected chi connectivity index (χ3v) is 4.94. The molecule has 0 amide bonds. The number of rotatable bonds is 6. The summed E-state index contributed by atoms with van der Waals surface area (Å²) < 4.78 is 0. The summed E-state index contributed by atoms with van der Waals surface area (Å²) in [6.07, 6.45) is 4.46. The van der Waals surface area contributed by atoms with Crippen LogP contribution in [-0.2, 0) is 0 Å². The van der Waals surface area contributed by atoms with Crippen LogP contribution < -0.4 is 5.56 Å². The summed E-state index contributed by atoms with van der Waals surface area (Å²) in [5, 5.41) is 0.727. The summed E-state index contributed by atoms with van der Waals surface area (Å²) in [7, 11) is 0. The maximum atomic E-state index is 12.6. The monoisotopic (exact) mass is 357 g/mol. The summed E-state index contributed by atoms with van der Waals surface area (Å²) in [5.41, 5.74) is 0.257. The van der Waals surface area contributed by atoms with Gasteiger partial charge in [-0.3, -0.25) is 14.4 Å². The van der Waals surface area contributed by atoms with E-state index in [9.17, 15) is 14.4 Å². The molecule has 0 unspecified atom stereocenters. The number of ketones is 2. The van der Waals surface area contributed by atoms with Crippen molar-refractivity contribution in [1.82, 2.24) is 24.9 Å². The Morgan fingerprint density at radius 2 is 1.96 bits per heavy atom. The van der Waals surface area contributed by atoms with Gasteiger partial charge in [-0.2, -0.15) is 0 Å². The molecule has 3 aromatic heterocycles. The number of fused-ring (bicyclic) bond motifs is 1. The minimum atomic E-state index is -0.395. The number of hydrogen-bond donors (Lipinski definition) is 1. The van der Waals surface area contributed by atoms with E-state index in [1.165, 1.54) is 17.7 Å². The number of aromatic nitrogens is 5. The topological polar surface area (TPSA) is 119 Å². The molecule has 0 spiro atoms. The van der Waals surface area contributed by atoms with E-state index in [1.54, 1.807) is 13.1 Å². The minimum absolute atomic E-state index is 0.0391. The molecule has 0 saturated heterocycles. The average Bonchev–Trinajstić information content (AvgIpc) is 3.10. The highest BCUT2D eigenvalue weighted by molar-refractivity contribution is 7.13. The lowest BCUT2D eigenvalue weighted by molar-refractivity contribution is 0.0969. The van der Waals surface area contributed by atoms with E-state index >= 15 is 0 Å². The largest absolute Gasteiger partial charge is 0.304 e. The lowest BCUT2D eigenvalue weighted by Crippen LogP contribution is -2.12. The van der Waals surface area contributed by atoms with Gasteiger partial charge in [0.1, 0.15) is 17.5 Å². The zero-order valence-corrected chi connectivity index (χ0v) is 14.5. The van der Waals surface area contributed by atoms with Crippen molar-refractivity contribution in [2.24, 2.45) is 0 Å². The number of aromatic amines is 1. The second-order valence-corrected chi connectivity index (χ2v) is 6.60. The second-order valence-electron chi connectivity index (χ2n) is 5.53. The van der Waals surface area contributed by atoms with E-state index in [-0.39, 0.29) is 40.8 Å². The van der Waals surface area contributed by atoms with E-state index in [2.05, 4.69) is 24.9 Å². The molecule has 1 atom stereocenters. The van der Waals surface area contributed by atoms with Crippen LogP contribution in [-0.4, -0.2) is 36.5 Å². The van der Waals surface area contributed by atoms with Crippen molar-refractivity contribution in [1.29, 1.82) is 0 Å². The number of hydrogen-bond acceptors (Lipinski definition) is 8. The first kappa shape index (κ1) is 17.0. The summed E-state index contributed by atoms with van der Waals surface area (Å²) in [5.74, 6) is -0.348. The molecule has 3 rings (SSSR count). The molecule has 128 valence electrons. The molecule has 25 heavy (non-hydrogen) atoms. The van der Waals surface area contributed by atoms with Crippen LogP contribution >= 0.6 is 11.3 Å². The van der Waals surface area contributed by atoms with Crippen LogP contribution in [0.1, 0.15) is 57.8 Å². The molecule has 0 aromatic carbocycles. The van der Waals surface area contributed by atoms with Crippen LogP contribution in [0.15, 0.2) is 23.5 Å². The lowest BCUT2D eigenvalue weighted by Gasteiger charge is -2.07. The maximum absolute atomic E-state index is 12.6. The SMILES string of the molecule is CCC(=O)c1cnc([C@@H](C)CC(=O)c2ncnc3[nH]c(=O)cnc23)s1. The molecule has 0 radical (unpaired) electrons. The number of thiazole rings is 1. The molecule has 0 aliphatic rings. The van der Waals surface area contributed by atoms with Crippen molar-refractivity contribution in [3.05, 3.63) is 44.7 Å². The molecule has 0 saturated carbocycles. The number of nitrogens with zero attached hydrogens (tertiary/aromatic N) is 4. The fourth-order valence-corrected chi connectivity index (χ4v) is 3.33. The summed E-state index contributed by atoms with van der Waals surface area (Å²) in [6, 6.07) is 0. The highest BCUT2D eigenvalue weighted by Gasteiger charge is 2.21. The number of carbonyl (C=O) groups excluding carboxylic acids is 2. The molecule has 1 N–H and O–H groups in total. The second kappa shape index (κ2) is 6.98. The van der Waals surface area contributed by atoms with Crippen molar-refractivity contribution in [3.8, 4) is 0 Å². The molecule has 9 heteroatoms. The Hall–Kier alpha value is -2.81. The van der Waals surface area contributed by atoms with Crippen molar-refractivity contribution in [3.63, 3.8) is 0 Å². The zero-order valence-electron chi connectivity index (χ0n) is 13.6. The standard InChI is InChI=1S/C16H15N5O3S/c1-3-9(22)11-5-18-16(25-11)8(2)4-10(23)13-14-15(20-7-19-13)21-12(24)6-17-14/h5-8H,3-4H2,1-2H3,(H,19,20,21,24)/t8-/m0/s1. The van der Waals surface area contributed by atoms with Crippen molar-refractivity contribution < 1.29 is 9.59 Å². The lowest BCUT2D eigenvalue weighted by atomic mass is 10.0. The van der Waals surface area contributed by atoms with Crippen LogP contribution in [0.4, 0.5) is 0 Å². The smallest absolute Gasteiger partial charge is 0.268 e. The Morgan fingerprint density at radius 3 is 2.72 bits per heavy atom. The van der Waals surface area contributed by atoms with E-state index in [4.69, 9.17) is 0 Å². The quantitative estimate of drug-likeness (QED) is 0.671.